The summed E-state index contributed by atoms with van der Waals surface area (Å²) in [6.45, 7) is 1.44. The zero-order valence-electron chi connectivity index (χ0n) is 11.3. The second-order valence-corrected chi connectivity index (χ2v) is 7.19. The van der Waals surface area contributed by atoms with Crippen molar-refractivity contribution in [3.05, 3.63) is 11.3 Å². The van der Waals surface area contributed by atoms with Crippen LogP contribution >= 0.6 is 0 Å². The minimum Gasteiger partial charge on any atom is -0.401 e. The number of amides is 1. The molecule has 4 bridgehead atoms. The van der Waals surface area contributed by atoms with Crippen molar-refractivity contribution < 1.29 is 4.79 Å². The normalized spacial score (nSPS) is 45.2. The molecule has 4 nitrogen and oxygen atoms in total. The number of rotatable bonds is 2. The Balaban J connectivity index is 1.54. The first-order chi connectivity index (χ1) is 9.11. The van der Waals surface area contributed by atoms with Gasteiger partial charge in [-0.25, -0.2) is 0 Å². The van der Waals surface area contributed by atoms with Crippen LogP contribution in [-0.4, -0.2) is 29.9 Å². The lowest BCUT2D eigenvalue weighted by molar-refractivity contribution is -0.115. The van der Waals surface area contributed by atoms with E-state index >= 15 is 0 Å². The zero-order chi connectivity index (χ0) is 13.1. The second kappa shape index (κ2) is 3.98. The van der Waals surface area contributed by atoms with Gasteiger partial charge in [-0.2, -0.15) is 0 Å². The van der Waals surface area contributed by atoms with Crippen LogP contribution in [0.5, 0.6) is 0 Å². The minimum atomic E-state index is -0.330. The van der Waals surface area contributed by atoms with Crippen LogP contribution in [0.3, 0.4) is 0 Å². The summed E-state index contributed by atoms with van der Waals surface area (Å²) in [5, 5.41) is 0. The molecule has 4 saturated carbocycles. The zero-order valence-corrected chi connectivity index (χ0v) is 11.3. The highest BCUT2D eigenvalue weighted by molar-refractivity contribution is 5.93. The van der Waals surface area contributed by atoms with Gasteiger partial charge in [0.2, 0.25) is 5.91 Å². The van der Waals surface area contributed by atoms with E-state index in [0.29, 0.717) is 23.9 Å². The largest absolute Gasteiger partial charge is 0.401 e. The third-order valence-electron chi connectivity index (χ3n) is 6.02. The molecule has 0 unspecified atom stereocenters. The Hall–Kier alpha value is -1.03. The van der Waals surface area contributed by atoms with E-state index in [9.17, 15) is 4.79 Å². The average Bonchev–Trinajstić information content (AvgIpc) is 2.69. The number of carbonyl (C=O) groups excluding carboxylic acids is 1. The fourth-order valence-corrected chi connectivity index (χ4v) is 5.61. The standard InChI is InChI=1S/C15H23N3O/c16-13-7-18(6-12(13)15(17)19)14-10-2-8-1-9(4-10)5-11(14)3-8/h8-11,14H,1-7,16H2,(H2,17,19). The first kappa shape index (κ1) is 11.8. The predicted molar refractivity (Wildman–Crippen MR) is 72.8 cm³/mol. The summed E-state index contributed by atoms with van der Waals surface area (Å²) >= 11 is 0. The number of nitrogens with two attached hydrogens (primary N) is 2. The molecule has 0 radical (unpaired) electrons. The summed E-state index contributed by atoms with van der Waals surface area (Å²) in [5.41, 5.74) is 12.8. The van der Waals surface area contributed by atoms with Gasteiger partial charge in [0.1, 0.15) is 0 Å². The average molecular weight is 261 g/mol. The van der Waals surface area contributed by atoms with E-state index in [1.54, 1.807) is 0 Å². The maximum Gasteiger partial charge on any atom is 0.247 e. The molecule has 0 spiro atoms. The van der Waals surface area contributed by atoms with Gasteiger partial charge < -0.3 is 11.5 Å². The molecule has 5 aliphatic rings. The molecule has 1 aliphatic heterocycles. The minimum absolute atomic E-state index is 0.330. The Morgan fingerprint density at radius 1 is 1.00 bits per heavy atom. The summed E-state index contributed by atoms with van der Waals surface area (Å²) in [5.74, 6) is 3.33. The van der Waals surface area contributed by atoms with E-state index in [0.717, 1.165) is 30.2 Å². The molecule has 0 aromatic rings. The summed E-state index contributed by atoms with van der Waals surface area (Å²) in [6.07, 6.45) is 7.09. The van der Waals surface area contributed by atoms with Crippen molar-refractivity contribution in [1.82, 2.24) is 4.90 Å². The van der Waals surface area contributed by atoms with Gasteiger partial charge in [-0.1, -0.05) is 0 Å². The third-order valence-corrected chi connectivity index (χ3v) is 6.02. The van der Waals surface area contributed by atoms with Gasteiger partial charge in [0, 0.05) is 24.8 Å². The van der Waals surface area contributed by atoms with Crippen LogP contribution in [0.4, 0.5) is 0 Å². The Morgan fingerprint density at radius 3 is 2.05 bits per heavy atom. The molecule has 0 aromatic carbocycles. The van der Waals surface area contributed by atoms with E-state index in [1.807, 2.05) is 0 Å². The Morgan fingerprint density at radius 2 is 1.58 bits per heavy atom. The number of nitrogens with zero attached hydrogens (tertiary/aromatic N) is 1. The van der Waals surface area contributed by atoms with Gasteiger partial charge in [0.05, 0.1) is 5.57 Å². The quantitative estimate of drug-likeness (QED) is 0.773. The molecule has 0 saturated heterocycles. The van der Waals surface area contributed by atoms with Crippen molar-refractivity contribution in [2.45, 2.75) is 38.1 Å². The lowest BCUT2D eigenvalue weighted by Crippen LogP contribution is -2.55. The topological polar surface area (TPSA) is 72.3 Å². The van der Waals surface area contributed by atoms with E-state index < -0.39 is 0 Å². The molecule has 1 amide bonds. The third kappa shape index (κ3) is 1.72. The molecule has 5 rings (SSSR count). The van der Waals surface area contributed by atoms with Crippen LogP contribution in [0.25, 0.3) is 0 Å². The van der Waals surface area contributed by atoms with Crippen LogP contribution in [0.2, 0.25) is 0 Å². The first-order valence-electron chi connectivity index (χ1n) is 7.63. The van der Waals surface area contributed by atoms with Crippen molar-refractivity contribution in [3.63, 3.8) is 0 Å². The van der Waals surface area contributed by atoms with Crippen LogP contribution in [0, 0.1) is 23.7 Å². The second-order valence-electron chi connectivity index (χ2n) is 7.19. The fraction of sp³-hybridized carbons (Fsp3) is 0.800. The van der Waals surface area contributed by atoms with Gasteiger partial charge in [-0.05, 0) is 55.8 Å². The van der Waals surface area contributed by atoms with Crippen molar-refractivity contribution in [3.8, 4) is 0 Å². The first-order valence-corrected chi connectivity index (χ1v) is 7.63. The Bertz CT molecular complexity index is 428. The van der Waals surface area contributed by atoms with E-state index in [1.165, 1.54) is 32.1 Å². The highest BCUT2D eigenvalue weighted by Gasteiger charge is 2.50. The van der Waals surface area contributed by atoms with Gasteiger partial charge >= 0.3 is 0 Å². The summed E-state index contributed by atoms with van der Waals surface area (Å²) in [6, 6.07) is 0.656. The number of hydrogen-bond acceptors (Lipinski definition) is 3. The lowest BCUT2D eigenvalue weighted by Gasteiger charge is -2.56. The molecule has 4 fully saturated rings. The lowest BCUT2D eigenvalue weighted by atomic mass is 9.54. The van der Waals surface area contributed by atoms with Gasteiger partial charge in [-0.15, -0.1) is 0 Å². The van der Waals surface area contributed by atoms with E-state index in [2.05, 4.69) is 4.90 Å². The molecule has 4 heteroatoms. The molecule has 4 N–H and O–H groups in total. The molecular formula is C15H23N3O. The predicted octanol–water partition coefficient (Wildman–Crippen LogP) is 0.825. The Kier molecular flexibility index (Phi) is 2.47. The van der Waals surface area contributed by atoms with E-state index in [-0.39, 0.29) is 5.91 Å². The molecule has 0 atom stereocenters. The van der Waals surface area contributed by atoms with Crippen LogP contribution in [0.15, 0.2) is 11.3 Å². The van der Waals surface area contributed by atoms with Crippen LogP contribution in [0.1, 0.15) is 32.1 Å². The maximum atomic E-state index is 11.4. The van der Waals surface area contributed by atoms with Crippen molar-refractivity contribution in [2.24, 2.45) is 35.1 Å². The van der Waals surface area contributed by atoms with E-state index in [4.69, 9.17) is 11.5 Å². The van der Waals surface area contributed by atoms with Crippen molar-refractivity contribution in [1.29, 1.82) is 0 Å². The molecule has 0 aromatic heterocycles. The SMILES string of the molecule is NC(=O)C1=C(N)CN(C2C3CC4CC(C3)CC2C4)C1. The number of carbonyl (C=O) groups is 1. The van der Waals surface area contributed by atoms with Gasteiger partial charge in [0.15, 0.2) is 0 Å². The maximum absolute atomic E-state index is 11.4. The summed E-state index contributed by atoms with van der Waals surface area (Å²) in [4.78, 5) is 13.9. The van der Waals surface area contributed by atoms with Crippen molar-refractivity contribution in [2.75, 3.05) is 13.1 Å². The molecule has 4 aliphatic carbocycles. The Labute approximate surface area is 114 Å². The molecule has 19 heavy (non-hydrogen) atoms. The van der Waals surface area contributed by atoms with Gasteiger partial charge in [-0.3, -0.25) is 9.69 Å². The molecular weight excluding hydrogens is 238 g/mol. The van der Waals surface area contributed by atoms with Crippen LogP contribution in [-0.2, 0) is 4.79 Å². The summed E-state index contributed by atoms with van der Waals surface area (Å²) < 4.78 is 0. The highest BCUT2D eigenvalue weighted by atomic mass is 16.1. The molecule has 1 heterocycles. The van der Waals surface area contributed by atoms with Crippen LogP contribution < -0.4 is 11.5 Å². The van der Waals surface area contributed by atoms with Gasteiger partial charge in [0.25, 0.3) is 0 Å². The molecule has 104 valence electrons. The summed E-state index contributed by atoms with van der Waals surface area (Å²) in [7, 11) is 0. The highest BCUT2D eigenvalue weighted by Crippen LogP contribution is 2.55. The smallest absolute Gasteiger partial charge is 0.247 e. The number of hydrogen-bond donors (Lipinski definition) is 2. The number of primary amides is 1. The van der Waals surface area contributed by atoms with Crippen molar-refractivity contribution >= 4 is 5.91 Å². The monoisotopic (exact) mass is 261 g/mol. The fourth-order valence-electron chi connectivity index (χ4n) is 5.61.